The third kappa shape index (κ3) is 2.74. The summed E-state index contributed by atoms with van der Waals surface area (Å²) in [4.78, 5) is 0. The van der Waals surface area contributed by atoms with Crippen molar-refractivity contribution in [1.82, 2.24) is 0 Å². The number of hydrogen-bond donors (Lipinski definition) is 0. The van der Waals surface area contributed by atoms with Crippen molar-refractivity contribution >= 4 is 0 Å². The van der Waals surface area contributed by atoms with Crippen LogP contribution in [0, 0.1) is 18.8 Å². The molecule has 0 aromatic rings. The van der Waals surface area contributed by atoms with Crippen LogP contribution in [0.1, 0.15) is 39.0 Å². The van der Waals surface area contributed by atoms with Gasteiger partial charge in [0.25, 0.3) is 0 Å². The van der Waals surface area contributed by atoms with Crippen molar-refractivity contribution in [1.29, 1.82) is 0 Å². The Labute approximate surface area is 79.0 Å². The van der Waals surface area contributed by atoms with E-state index in [4.69, 9.17) is 0 Å². The van der Waals surface area contributed by atoms with Gasteiger partial charge in [-0.2, -0.15) is 12.3 Å². The molecule has 0 spiro atoms. The van der Waals surface area contributed by atoms with Gasteiger partial charge in [-0.05, 0) is 0 Å². The molecule has 1 heteroatoms. The van der Waals surface area contributed by atoms with Crippen LogP contribution in [0.25, 0.3) is 0 Å². The molecule has 0 aromatic heterocycles. The zero-order valence-corrected chi connectivity index (χ0v) is 9.66. The smallest absolute Gasteiger partial charge is 0.340 e. The van der Waals surface area contributed by atoms with Crippen LogP contribution in [0.3, 0.4) is 0 Å². The SMILES string of the molecule is [CH2-]C1(C[CH-]C)CCCC1.[W+2]. The summed E-state index contributed by atoms with van der Waals surface area (Å²) >= 11 is 0. The molecule has 0 radical (unpaired) electrons. The summed E-state index contributed by atoms with van der Waals surface area (Å²) in [6.07, 6.45) is 8.95. The van der Waals surface area contributed by atoms with Crippen molar-refractivity contribution in [3.63, 3.8) is 0 Å². The van der Waals surface area contributed by atoms with Gasteiger partial charge in [-0.1, -0.05) is 25.7 Å². The van der Waals surface area contributed by atoms with Crippen LogP contribution >= 0.6 is 0 Å². The maximum absolute atomic E-state index is 4.23. The molecule has 0 aromatic carbocycles. The van der Waals surface area contributed by atoms with E-state index in [0.29, 0.717) is 5.41 Å². The Hall–Kier alpha value is 0.688. The summed E-state index contributed by atoms with van der Waals surface area (Å²) < 4.78 is 0. The van der Waals surface area contributed by atoms with E-state index in [1.807, 2.05) is 0 Å². The van der Waals surface area contributed by atoms with E-state index >= 15 is 0 Å². The molecule has 58 valence electrons. The molecule has 1 rings (SSSR count). The normalized spacial score (nSPS) is 22.2. The van der Waals surface area contributed by atoms with E-state index in [1.54, 1.807) is 0 Å². The molecule has 0 bridgehead atoms. The molecule has 0 nitrogen and oxygen atoms in total. The molecule has 0 N–H and O–H groups in total. The summed E-state index contributed by atoms with van der Waals surface area (Å²) in [6, 6.07) is 0. The first-order valence-corrected chi connectivity index (χ1v) is 3.90. The quantitative estimate of drug-likeness (QED) is 0.688. The van der Waals surface area contributed by atoms with Crippen molar-refractivity contribution in [2.75, 3.05) is 0 Å². The second-order valence-electron chi connectivity index (χ2n) is 3.32. The third-order valence-corrected chi connectivity index (χ3v) is 2.30. The third-order valence-electron chi connectivity index (χ3n) is 2.30. The van der Waals surface area contributed by atoms with E-state index in [1.165, 1.54) is 32.1 Å². The van der Waals surface area contributed by atoms with Crippen molar-refractivity contribution in [3.8, 4) is 0 Å². The van der Waals surface area contributed by atoms with E-state index in [-0.39, 0.29) is 21.1 Å². The van der Waals surface area contributed by atoms with Crippen molar-refractivity contribution < 1.29 is 21.1 Å². The van der Waals surface area contributed by atoms with Gasteiger partial charge in [0, 0.05) is 0 Å². The number of hydrogen-bond acceptors (Lipinski definition) is 0. The van der Waals surface area contributed by atoms with Crippen LogP contribution in [0.2, 0.25) is 0 Å². The van der Waals surface area contributed by atoms with Gasteiger partial charge in [-0.25, -0.2) is 6.42 Å². The first kappa shape index (κ1) is 10.7. The van der Waals surface area contributed by atoms with Gasteiger partial charge >= 0.3 is 21.1 Å². The zero-order valence-electron chi connectivity index (χ0n) is 6.73. The van der Waals surface area contributed by atoms with Gasteiger partial charge in [0.2, 0.25) is 0 Å². The minimum absolute atomic E-state index is 0. The Balaban J connectivity index is 0.000000810. The topological polar surface area (TPSA) is 0 Å². The van der Waals surface area contributed by atoms with E-state index in [9.17, 15) is 0 Å². The molecular formula is C9H16W. The van der Waals surface area contributed by atoms with Gasteiger partial charge in [-0.3, -0.25) is 0 Å². The molecule has 0 atom stereocenters. The average molecular weight is 308 g/mol. The van der Waals surface area contributed by atoms with Crippen molar-refractivity contribution in [2.45, 2.75) is 39.0 Å². The summed E-state index contributed by atoms with van der Waals surface area (Å²) in [6.45, 7) is 6.36. The fraction of sp³-hybridized carbons (Fsp3) is 0.778. The molecule has 0 heterocycles. The average Bonchev–Trinajstić information content (AvgIpc) is 2.16. The molecule has 1 aliphatic rings. The molecule has 0 aliphatic heterocycles. The second kappa shape index (κ2) is 4.54. The summed E-state index contributed by atoms with van der Waals surface area (Å²) in [7, 11) is 0. The van der Waals surface area contributed by atoms with Gasteiger partial charge in [0.05, 0.1) is 0 Å². The Morgan fingerprint density at radius 1 is 1.40 bits per heavy atom. The van der Waals surface area contributed by atoms with E-state index in [2.05, 4.69) is 20.3 Å². The first-order chi connectivity index (χ1) is 4.27. The second-order valence-corrected chi connectivity index (χ2v) is 3.32. The molecule has 10 heavy (non-hydrogen) atoms. The van der Waals surface area contributed by atoms with Crippen LogP contribution in [-0.2, 0) is 21.1 Å². The van der Waals surface area contributed by atoms with Crippen LogP contribution in [0.15, 0.2) is 0 Å². The van der Waals surface area contributed by atoms with E-state index < -0.39 is 0 Å². The standard InChI is InChI=1S/C9H16.W/c1-3-6-9(2)7-4-5-8-9;/h3H,2,4-8H2,1H3;/q-2;+2. The zero-order chi connectivity index (χ0) is 6.74. The fourth-order valence-corrected chi connectivity index (χ4v) is 1.76. The van der Waals surface area contributed by atoms with Crippen LogP contribution < -0.4 is 0 Å². The molecule has 1 fully saturated rings. The summed E-state index contributed by atoms with van der Waals surface area (Å²) in [5.74, 6) is 0. The molecule has 0 unspecified atom stereocenters. The maximum Gasteiger partial charge on any atom is 2.00 e. The predicted molar refractivity (Wildman–Crippen MR) is 40.8 cm³/mol. The Kier molecular flexibility index (Phi) is 4.86. The molecule has 1 saturated carbocycles. The molecular weight excluding hydrogens is 292 g/mol. The van der Waals surface area contributed by atoms with Crippen molar-refractivity contribution in [2.24, 2.45) is 5.41 Å². The fourth-order valence-electron chi connectivity index (χ4n) is 1.76. The minimum atomic E-state index is 0. The van der Waals surface area contributed by atoms with Crippen LogP contribution in [-0.4, -0.2) is 0 Å². The number of rotatable bonds is 2. The van der Waals surface area contributed by atoms with Crippen molar-refractivity contribution in [3.05, 3.63) is 13.3 Å². The van der Waals surface area contributed by atoms with Gasteiger partial charge in [0.1, 0.15) is 0 Å². The monoisotopic (exact) mass is 308 g/mol. The predicted octanol–water partition coefficient (Wildman–Crippen LogP) is 2.99. The molecule has 1 aliphatic carbocycles. The molecule has 0 saturated heterocycles. The Bertz CT molecular complexity index is 82.7. The minimum Gasteiger partial charge on any atom is -0.340 e. The summed E-state index contributed by atoms with van der Waals surface area (Å²) in [5.41, 5.74) is 0.439. The van der Waals surface area contributed by atoms with Gasteiger partial charge < -0.3 is 13.3 Å². The Morgan fingerprint density at radius 3 is 2.30 bits per heavy atom. The summed E-state index contributed by atoms with van der Waals surface area (Å²) in [5, 5.41) is 0. The Morgan fingerprint density at radius 2 is 1.90 bits per heavy atom. The van der Waals surface area contributed by atoms with Gasteiger partial charge in [0.15, 0.2) is 0 Å². The largest absolute Gasteiger partial charge is 2.00 e. The van der Waals surface area contributed by atoms with Crippen LogP contribution in [0.4, 0.5) is 0 Å². The molecule has 0 amide bonds. The van der Waals surface area contributed by atoms with Gasteiger partial charge in [-0.15, -0.1) is 0 Å². The first-order valence-electron chi connectivity index (χ1n) is 3.90. The van der Waals surface area contributed by atoms with E-state index in [0.717, 1.165) is 0 Å². The van der Waals surface area contributed by atoms with Crippen LogP contribution in [0.5, 0.6) is 0 Å². The maximum atomic E-state index is 4.23.